The molecule has 5 nitrogen and oxygen atoms in total. The second-order valence-corrected chi connectivity index (χ2v) is 7.36. The Balaban J connectivity index is 1.45. The molecule has 1 N–H and O–H groups in total. The number of nitrogens with zero attached hydrogens (tertiary/aromatic N) is 3. The highest BCUT2D eigenvalue weighted by molar-refractivity contribution is 5.91. The number of aromatic nitrogens is 3. The number of rotatable bonds is 8. The van der Waals surface area contributed by atoms with Crippen LogP contribution in [0.1, 0.15) is 36.7 Å². The van der Waals surface area contributed by atoms with E-state index in [1.165, 1.54) is 5.56 Å². The molecule has 0 aliphatic heterocycles. The predicted octanol–water partition coefficient (Wildman–Crippen LogP) is 5.00. The molecule has 30 heavy (non-hydrogen) atoms. The third-order valence-corrected chi connectivity index (χ3v) is 5.24. The summed E-state index contributed by atoms with van der Waals surface area (Å²) >= 11 is 0. The maximum Gasteiger partial charge on any atom is 0.224 e. The van der Waals surface area contributed by atoms with E-state index in [-0.39, 0.29) is 5.91 Å². The van der Waals surface area contributed by atoms with Gasteiger partial charge in [0.15, 0.2) is 5.65 Å². The molecule has 2 aromatic heterocycles. The Morgan fingerprint density at radius 2 is 1.80 bits per heavy atom. The van der Waals surface area contributed by atoms with Gasteiger partial charge in [-0.2, -0.15) is 0 Å². The van der Waals surface area contributed by atoms with Crippen LogP contribution in [0.25, 0.3) is 11.2 Å². The lowest BCUT2D eigenvalue weighted by Crippen LogP contribution is -2.13. The Kier molecular flexibility index (Phi) is 6.18. The molecule has 0 saturated carbocycles. The monoisotopic (exact) mass is 398 g/mol. The van der Waals surface area contributed by atoms with Crippen LogP contribution in [0.2, 0.25) is 0 Å². The highest BCUT2D eigenvalue weighted by atomic mass is 16.1. The minimum atomic E-state index is 0.0414. The van der Waals surface area contributed by atoms with Crippen molar-refractivity contribution >= 4 is 22.8 Å². The quantitative estimate of drug-likeness (QED) is 0.454. The van der Waals surface area contributed by atoms with Crippen LogP contribution in [0, 0.1) is 0 Å². The fourth-order valence-corrected chi connectivity index (χ4v) is 3.70. The van der Waals surface area contributed by atoms with Crippen LogP contribution in [0.15, 0.2) is 72.9 Å². The maximum atomic E-state index is 12.5. The van der Waals surface area contributed by atoms with Crippen molar-refractivity contribution in [3.63, 3.8) is 0 Å². The largest absolute Gasteiger partial charge is 0.326 e. The van der Waals surface area contributed by atoms with Crippen LogP contribution in [-0.2, 0) is 24.2 Å². The third-order valence-electron chi connectivity index (χ3n) is 5.24. The van der Waals surface area contributed by atoms with Crippen LogP contribution < -0.4 is 5.32 Å². The Morgan fingerprint density at radius 1 is 1.00 bits per heavy atom. The van der Waals surface area contributed by atoms with E-state index in [0.717, 1.165) is 54.0 Å². The molecule has 0 atom stereocenters. The Bertz CT molecular complexity index is 1130. The number of imidazole rings is 1. The van der Waals surface area contributed by atoms with Gasteiger partial charge in [0.25, 0.3) is 0 Å². The first-order chi connectivity index (χ1) is 14.7. The van der Waals surface area contributed by atoms with E-state index in [2.05, 4.69) is 40.0 Å². The Hall–Kier alpha value is -3.47. The van der Waals surface area contributed by atoms with Crippen molar-refractivity contribution in [3.05, 3.63) is 89.9 Å². The number of pyridine rings is 1. The topological polar surface area (TPSA) is 59.8 Å². The van der Waals surface area contributed by atoms with Crippen molar-refractivity contribution in [2.45, 2.75) is 39.2 Å². The van der Waals surface area contributed by atoms with E-state index in [9.17, 15) is 4.79 Å². The predicted molar refractivity (Wildman–Crippen MR) is 120 cm³/mol. The molecule has 0 aliphatic carbocycles. The smallest absolute Gasteiger partial charge is 0.224 e. The van der Waals surface area contributed by atoms with Crippen LogP contribution in [-0.4, -0.2) is 20.4 Å². The highest BCUT2D eigenvalue weighted by Gasteiger charge is 2.13. The van der Waals surface area contributed by atoms with Crippen LogP contribution in [0.5, 0.6) is 0 Å². The van der Waals surface area contributed by atoms with Crippen molar-refractivity contribution in [1.82, 2.24) is 14.5 Å². The average molecular weight is 399 g/mol. The van der Waals surface area contributed by atoms with E-state index in [4.69, 9.17) is 4.98 Å². The zero-order valence-electron chi connectivity index (χ0n) is 17.2. The summed E-state index contributed by atoms with van der Waals surface area (Å²) in [6.07, 6.45) is 4.62. The molecular formula is C25H26N4O. The number of anilines is 1. The standard InChI is InChI=1S/C25H26N4O/c1-2-20-12-6-7-13-21(20)28-24(30)16-8-15-23-27-22-14-9-17-26-25(22)29(23)18-19-10-4-3-5-11-19/h3-7,9-14,17H,2,8,15-16,18H2,1H3,(H,28,30). The zero-order valence-corrected chi connectivity index (χ0v) is 17.2. The van der Waals surface area contributed by atoms with Crippen LogP contribution >= 0.6 is 0 Å². The molecule has 0 radical (unpaired) electrons. The summed E-state index contributed by atoms with van der Waals surface area (Å²) in [4.78, 5) is 21.8. The van der Waals surface area contributed by atoms with Gasteiger partial charge in [0.05, 0.1) is 6.54 Å². The summed E-state index contributed by atoms with van der Waals surface area (Å²) in [7, 11) is 0. The molecule has 0 aliphatic rings. The summed E-state index contributed by atoms with van der Waals surface area (Å²) in [5, 5.41) is 3.05. The second kappa shape index (κ2) is 9.35. The van der Waals surface area contributed by atoms with Crippen molar-refractivity contribution in [1.29, 1.82) is 0 Å². The first-order valence-corrected chi connectivity index (χ1v) is 10.5. The normalized spacial score (nSPS) is 11.0. The van der Waals surface area contributed by atoms with Gasteiger partial charge in [0.2, 0.25) is 5.91 Å². The Morgan fingerprint density at radius 3 is 2.63 bits per heavy atom. The number of hydrogen-bond acceptors (Lipinski definition) is 3. The fraction of sp³-hybridized carbons (Fsp3) is 0.240. The number of fused-ring (bicyclic) bond motifs is 1. The van der Waals surface area contributed by atoms with Gasteiger partial charge in [-0.1, -0.05) is 55.5 Å². The maximum absolute atomic E-state index is 12.5. The van der Waals surface area contributed by atoms with E-state index < -0.39 is 0 Å². The summed E-state index contributed by atoms with van der Waals surface area (Å²) in [5.41, 5.74) is 5.05. The molecule has 5 heteroatoms. The molecule has 1 amide bonds. The molecular weight excluding hydrogens is 372 g/mol. The molecule has 0 unspecified atom stereocenters. The lowest BCUT2D eigenvalue weighted by Gasteiger charge is -2.10. The highest BCUT2D eigenvalue weighted by Crippen LogP contribution is 2.19. The van der Waals surface area contributed by atoms with E-state index in [1.807, 2.05) is 48.5 Å². The van der Waals surface area contributed by atoms with E-state index in [1.54, 1.807) is 6.20 Å². The molecule has 0 fully saturated rings. The number of hydrogen-bond donors (Lipinski definition) is 1. The fourth-order valence-electron chi connectivity index (χ4n) is 3.70. The molecule has 2 heterocycles. The summed E-state index contributed by atoms with van der Waals surface area (Å²) in [5.74, 6) is 1.01. The minimum Gasteiger partial charge on any atom is -0.326 e. The zero-order chi connectivity index (χ0) is 20.8. The second-order valence-electron chi connectivity index (χ2n) is 7.36. The number of nitrogens with one attached hydrogen (secondary N) is 1. The van der Waals surface area contributed by atoms with Crippen molar-refractivity contribution in [2.75, 3.05) is 5.32 Å². The number of carbonyl (C=O) groups is 1. The minimum absolute atomic E-state index is 0.0414. The third kappa shape index (κ3) is 4.57. The van der Waals surface area contributed by atoms with E-state index >= 15 is 0 Å². The van der Waals surface area contributed by atoms with Gasteiger partial charge in [-0.15, -0.1) is 0 Å². The molecule has 4 rings (SSSR count). The molecule has 2 aromatic carbocycles. The van der Waals surface area contributed by atoms with Crippen molar-refractivity contribution in [3.8, 4) is 0 Å². The number of benzene rings is 2. The lowest BCUT2D eigenvalue weighted by atomic mass is 10.1. The van der Waals surface area contributed by atoms with Gasteiger partial charge in [0.1, 0.15) is 11.3 Å². The van der Waals surface area contributed by atoms with Gasteiger partial charge in [0, 0.05) is 24.7 Å². The average Bonchev–Trinajstić information content (AvgIpc) is 3.12. The summed E-state index contributed by atoms with van der Waals surface area (Å²) < 4.78 is 2.16. The first-order valence-electron chi connectivity index (χ1n) is 10.5. The lowest BCUT2D eigenvalue weighted by molar-refractivity contribution is -0.116. The Labute approximate surface area is 176 Å². The van der Waals surface area contributed by atoms with Crippen LogP contribution in [0.4, 0.5) is 5.69 Å². The number of para-hydroxylation sites is 1. The molecule has 0 spiro atoms. The van der Waals surface area contributed by atoms with Gasteiger partial charge in [-0.3, -0.25) is 4.79 Å². The molecule has 0 saturated heterocycles. The number of aryl methyl sites for hydroxylation is 2. The van der Waals surface area contributed by atoms with Crippen molar-refractivity contribution in [2.24, 2.45) is 0 Å². The van der Waals surface area contributed by atoms with Gasteiger partial charge in [-0.05, 0) is 42.2 Å². The van der Waals surface area contributed by atoms with Gasteiger partial charge < -0.3 is 9.88 Å². The molecule has 0 bridgehead atoms. The van der Waals surface area contributed by atoms with Gasteiger partial charge >= 0.3 is 0 Å². The van der Waals surface area contributed by atoms with Crippen molar-refractivity contribution < 1.29 is 4.79 Å². The summed E-state index contributed by atoms with van der Waals surface area (Å²) in [6, 6.07) is 22.2. The molecule has 152 valence electrons. The SMILES string of the molecule is CCc1ccccc1NC(=O)CCCc1nc2cccnc2n1Cc1ccccc1. The van der Waals surface area contributed by atoms with Gasteiger partial charge in [-0.25, -0.2) is 9.97 Å². The molecule has 4 aromatic rings. The van der Waals surface area contributed by atoms with Crippen LogP contribution in [0.3, 0.4) is 0 Å². The number of carbonyl (C=O) groups excluding carboxylic acids is 1. The van der Waals surface area contributed by atoms with E-state index in [0.29, 0.717) is 6.42 Å². The number of amides is 1. The first kappa shape index (κ1) is 19.8. The summed E-state index contributed by atoms with van der Waals surface area (Å²) in [6.45, 7) is 2.82.